The van der Waals surface area contributed by atoms with Crippen LogP contribution in [0, 0.1) is 0 Å². The Hall–Kier alpha value is -3.68. The summed E-state index contributed by atoms with van der Waals surface area (Å²) < 4.78 is 25.4. The van der Waals surface area contributed by atoms with Gasteiger partial charge >= 0.3 is 0 Å². The van der Waals surface area contributed by atoms with E-state index in [4.69, 9.17) is 30.5 Å². The second kappa shape index (κ2) is 9.81. The number of fused-ring (bicyclic) bond motifs is 5. The van der Waals surface area contributed by atoms with Crippen molar-refractivity contribution in [2.24, 2.45) is 0 Å². The third kappa shape index (κ3) is 4.30. The maximum Gasteiger partial charge on any atom is 0.231 e. The highest BCUT2D eigenvalue weighted by Crippen LogP contribution is 2.43. The molecule has 3 aromatic carbocycles. The SMILES string of the molecule is COc1cc(CN2CCN(c3ccc(Cl)cc3)CC2)c2cc3[n+](cc2c1OC)CCc1cc2c(cc1-3)OCO2. The molecule has 0 N–H and O–H groups in total. The average Bonchev–Trinajstić information content (AvgIpc) is 3.43. The molecule has 0 radical (unpaired) electrons. The number of aromatic nitrogens is 1. The first-order valence-electron chi connectivity index (χ1n) is 13.4. The van der Waals surface area contributed by atoms with Crippen molar-refractivity contribution in [3.05, 3.63) is 70.9 Å². The summed E-state index contributed by atoms with van der Waals surface area (Å²) in [6, 6.07) is 16.9. The molecule has 0 spiro atoms. The molecule has 0 unspecified atom stereocenters. The molecule has 7 nitrogen and oxygen atoms in total. The maximum absolute atomic E-state index is 6.10. The lowest BCUT2D eigenvalue weighted by molar-refractivity contribution is -0.686. The molecule has 1 aromatic heterocycles. The molecule has 7 rings (SSSR count). The van der Waals surface area contributed by atoms with Gasteiger partial charge in [0.05, 0.1) is 25.2 Å². The van der Waals surface area contributed by atoms with Crippen molar-refractivity contribution < 1.29 is 23.5 Å². The number of hydrogen-bond donors (Lipinski definition) is 0. The second-order valence-corrected chi connectivity index (χ2v) is 10.7. The van der Waals surface area contributed by atoms with Crippen LogP contribution in [0.1, 0.15) is 11.1 Å². The van der Waals surface area contributed by atoms with E-state index in [9.17, 15) is 0 Å². The molecule has 0 atom stereocenters. The summed E-state index contributed by atoms with van der Waals surface area (Å²) >= 11 is 6.10. The predicted molar refractivity (Wildman–Crippen MR) is 151 cm³/mol. The van der Waals surface area contributed by atoms with Crippen molar-refractivity contribution in [3.8, 4) is 34.3 Å². The number of halogens is 1. The van der Waals surface area contributed by atoms with Gasteiger partial charge in [-0.2, -0.15) is 4.57 Å². The third-order valence-electron chi connectivity index (χ3n) is 8.16. The van der Waals surface area contributed by atoms with Crippen molar-refractivity contribution in [1.29, 1.82) is 0 Å². The summed E-state index contributed by atoms with van der Waals surface area (Å²) in [6.45, 7) is 5.90. The summed E-state index contributed by atoms with van der Waals surface area (Å²) in [4.78, 5) is 4.94. The first kappa shape index (κ1) is 24.4. The predicted octanol–water partition coefficient (Wildman–Crippen LogP) is 5.07. The van der Waals surface area contributed by atoms with E-state index >= 15 is 0 Å². The average molecular weight is 545 g/mol. The Bertz CT molecular complexity index is 1570. The highest BCUT2D eigenvalue weighted by Gasteiger charge is 2.30. The van der Waals surface area contributed by atoms with Crippen LogP contribution in [0.5, 0.6) is 23.0 Å². The molecular weight excluding hydrogens is 514 g/mol. The van der Waals surface area contributed by atoms with Crippen LogP contribution < -0.4 is 28.4 Å². The highest BCUT2D eigenvalue weighted by atomic mass is 35.5. The van der Waals surface area contributed by atoms with Gasteiger partial charge in [-0.05, 0) is 53.6 Å². The first-order chi connectivity index (χ1) is 19.1. The standard InChI is InChI=1S/C31H31ClN3O4/c1-36-30-14-21(17-33-9-11-34(12-10-33)23-5-3-22(32)4-6-23)24-15-27-25-16-29-28(38-19-39-29)13-20(25)7-8-35(27)18-26(24)31(30)37-2/h3-6,13-16,18H,7-12,17,19H2,1-2H3/q+1. The van der Waals surface area contributed by atoms with Crippen LogP contribution in [0.4, 0.5) is 5.69 Å². The van der Waals surface area contributed by atoms with E-state index < -0.39 is 0 Å². The molecule has 0 aliphatic carbocycles. The number of hydrogen-bond acceptors (Lipinski definition) is 6. The van der Waals surface area contributed by atoms with Crippen molar-refractivity contribution >= 4 is 28.1 Å². The Morgan fingerprint density at radius 2 is 1.67 bits per heavy atom. The largest absolute Gasteiger partial charge is 0.493 e. The van der Waals surface area contributed by atoms with Crippen LogP contribution in [0.25, 0.3) is 22.0 Å². The van der Waals surface area contributed by atoms with Crippen LogP contribution in [-0.4, -0.2) is 52.1 Å². The molecule has 4 heterocycles. The molecule has 1 fully saturated rings. The number of aryl methyl sites for hydroxylation is 2. The monoisotopic (exact) mass is 544 g/mol. The van der Waals surface area contributed by atoms with Crippen LogP contribution >= 0.6 is 11.6 Å². The zero-order valence-electron chi connectivity index (χ0n) is 22.2. The lowest BCUT2D eigenvalue weighted by atomic mass is 9.93. The Kier molecular flexibility index (Phi) is 6.13. The minimum absolute atomic E-state index is 0.280. The van der Waals surface area contributed by atoms with Gasteiger partial charge in [-0.25, -0.2) is 0 Å². The maximum atomic E-state index is 6.10. The lowest BCUT2D eigenvalue weighted by Gasteiger charge is -2.36. The summed E-state index contributed by atoms with van der Waals surface area (Å²) in [7, 11) is 3.43. The molecule has 0 bridgehead atoms. The Morgan fingerprint density at radius 1 is 0.897 bits per heavy atom. The number of benzene rings is 3. The number of anilines is 1. The van der Waals surface area contributed by atoms with E-state index in [1.54, 1.807) is 14.2 Å². The Morgan fingerprint density at radius 3 is 2.41 bits per heavy atom. The Balaban J connectivity index is 1.25. The van der Waals surface area contributed by atoms with Gasteiger partial charge in [0.2, 0.25) is 12.5 Å². The number of rotatable bonds is 5. The molecule has 39 heavy (non-hydrogen) atoms. The van der Waals surface area contributed by atoms with Gasteiger partial charge in [0.25, 0.3) is 0 Å². The van der Waals surface area contributed by atoms with Crippen LogP contribution in [0.2, 0.25) is 5.02 Å². The summed E-state index contributed by atoms with van der Waals surface area (Å²) in [5, 5.41) is 3.02. The third-order valence-corrected chi connectivity index (χ3v) is 8.42. The fourth-order valence-electron chi connectivity index (χ4n) is 6.11. The number of piperazine rings is 1. The molecule has 3 aliphatic heterocycles. The van der Waals surface area contributed by atoms with E-state index in [0.29, 0.717) is 0 Å². The van der Waals surface area contributed by atoms with Gasteiger partial charge in [-0.3, -0.25) is 4.90 Å². The van der Waals surface area contributed by atoms with Gasteiger partial charge in [0, 0.05) is 61.3 Å². The molecule has 8 heteroatoms. The highest BCUT2D eigenvalue weighted by molar-refractivity contribution is 6.30. The van der Waals surface area contributed by atoms with Crippen molar-refractivity contribution in [3.63, 3.8) is 0 Å². The fourth-order valence-corrected chi connectivity index (χ4v) is 6.24. The first-order valence-corrected chi connectivity index (χ1v) is 13.8. The number of nitrogens with zero attached hydrogens (tertiary/aromatic N) is 3. The normalized spacial score (nSPS) is 16.2. The fraction of sp³-hybridized carbons (Fsp3) is 0.323. The van der Waals surface area contributed by atoms with Gasteiger partial charge < -0.3 is 23.8 Å². The summed E-state index contributed by atoms with van der Waals surface area (Å²) in [5.74, 6) is 3.19. The van der Waals surface area contributed by atoms with Crippen LogP contribution in [0.3, 0.4) is 0 Å². The Labute approximate surface area is 233 Å². The molecule has 0 amide bonds. The van der Waals surface area contributed by atoms with E-state index in [1.165, 1.54) is 33.5 Å². The summed E-state index contributed by atoms with van der Waals surface area (Å²) in [5.41, 5.74) is 6.13. The molecule has 200 valence electrons. The molecule has 3 aliphatic rings. The summed E-state index contributed by atoms with van der Waals surface area (Å²) in [6.07, 6.45) is 3.16. The minimum atomic E-state index is 0.280. The number of pyridine rings is 1. The van der Waals surface area contributed by atoms with E-state index in [-0.39, 0.29) is 6.79 Å². The van der Waals surface area contributed by atoms with Crippen molar-refractivity contribution in [2.75, 3.05) is 52.1 Å². The van der Waals surface area contributed by atoms with Crippen LogP contribution in [-0.2, 0) is 19.5 Å². The quantitative estimate of drug-likeness (QED) is 0.327. The van der Waals surface area contributed by atoms with Gasteiger partial charge in [0.1, 0.15) is 0 Å². The topological polar surface area (TPSA) is 47.3 Å². The van der Waals surface area contributed by atoms with Crippen molar-refractivity contribution in [1.82, 2.24) is 4.90 Å². The lowest BCUT2D eigenvalue weighted by Crippen LogP contribution is -2.46. The van der Waals surface area contributed by atoms with Gasteiger partial charge in [0.15, 0.2) is 35.7 Å². The molecular formula is C31H31ClN3O4+. The van der Waals surface area contributed by atoms with E-state index in [1.807, 2.05) is 12.1 Å². The molecule has 1 saturated heterocycles. The minimum Gasteiger partial charge on any atom is -0.493 e. The number of methoxy groups -OCH3 is 2. The zero-order valence-corrected chi connectivity index (χ0v) is 23.0. The zero-order chi connectivity index (χ0) is 26.5. The van der Waals surface area contributed by atoms with E-state index in [0.717, 1.165) is 79.1 Å². The van der Waals surface area contributed by atoms with E-state index in [2.05, 4.69) is 57.0 Å². The molecule has 0 saturated carbocycles. The number of ether oxygens (including phenoxy) is 4. The van der Waals surface area contributed by atoms with Crippen LogP contribution in [0.15, 0.2) is 54.7 Å². The molecule has 4 aromatic rings. The van der Waals surface area contributed by atoms with Crippen molar-refractivity contribution in [2.45, 2.75) is 19.5 Å². The second-order valence-electron chi connectivity index (χ2n) is 10.3. The van der Waals surface area contributed by atoms with Gasteiger partial charge in [-0.1, -0.05) is 11.6 Å². The van der Waals surface area contributed by atoms with Gasteiger partial charge in [-0.15, -0.1) is 0 Å². The smallest absolute Gasteiger partial charge is 0.231 e.